The summed E-state index contributed by atoms with van der Waals surface area (Å²) < 4.78 is 45.2. The maximum absolute atomic E-state index is 15.0. The molecule has 7 rings (SSSR count). The summed E-state index contributed by atoms with van der Waals surface area (Å²) in [5.41, 5.74) is 1.39. The van der Waals surface area contributed by atoms with Crippen molar-refractivity contribution in [1.29, 1.82) is 0 Å². The lowest BCUT2D eigenvalue weighted by Crippen LogP contribution is -2.60. The van der Waals surface area contributed by atoms with Gasteiger partial charge < -0.3 is 30.5 Å². The minimum Gasteiger partial charge on any atom is -0.453 e. The van der Waals surface area contributed by atoms with E-state index in [0.29, 0.717) is 17.4 Å². The molecule has 0 radical (unpaired) electrons. The Bertz CT molecular complexity index is 1600. The number of likely N-dealkylation sites (tertiary alicyclic amines) is 1. The highest BCUT2D eigenvalue weighted by Gasteiger charge is 2.52. The van der Waals surface area contributed by atoms with Crippen molar-refractivity contribution < 1.29 is 27.1 Å². The zero-order valence-corrected chi connectivity index (χ0v) is 29.2. The molecule has 0 bridgehead atoms. The second kappa shape index (κ2) is 14.2. The van der Waals surface area contributed by atoms with Crippen LogP contribution in [0, 0.1) is 23.6 Å². The number of alkyl carbamates (subject to hydrolysis) is 1. The Hall–Kier alpha value is -3.22. The topological polar surface area (TPSA) is 120 Å². The molecule has 0 spiro atoms. The Labute approximate surface area is 289 Å². The van der Waals surface area contributed by atoms with Crippen LogP contribution < -0.4 is 20.9 Å². The van der Waals surface area contributed by atoms with Crippen molar-refractivity contribution >= 4 is 27.5 Å². The number of nitrogens with one attached hydrogen (secondary N) is 3. The molecule has 10 nitrogen and oxygen atoms in total. The molecule has 266 valence electrons. The van der Waals surface area contributed by atoms with Crippen LogP contribution in [0.3, 0.4) is 0 Å². The van der Waals surface area contributed by atoms with E-state index in [0.717, 1.165) is 102 Å². The maximum Gasteiger partial charge on any atom is 0.407 e. The summed E-state index contributed by atoms with van der Waals surface area (Å²) in [6, 6.07) is 13.9. The number of nitrogens with zero attached hydrogens (tertiary/aromatic N) is 2. The smallest absolute Gasteiger partial charge is 0.407 e. The number of benzene rings is 2. The van der Waals surface area contributed by atoms with Gasteiger partial charge >= 0.3 is 6.09 Å². The minimum absolute atomic E-state index is 0.00504. The number of carbonyl (C=O) groups is 2. The van der Waals surface area contributed by atoms with Crippen LogP contribution in [0.1, 0.15) is 56.9 Å². The molecule has 4 atom stereocenters. The highest BCUT2D eigenvalue weighted by atomic mass is 32.2. The van der Waals surface area contributed by atoms with Crippen LogP contribution in [0.25, 0.3) is 0 Å². The van der Waals surface area contributed by atoms with Crippen molar-refractivity contribution in [2.24, 2.45) is 17.8 Å². The molecule has 3 saturated heterocycles. The van der Waals surface area contributed by atoms with E-state index in [1.165, 1.54) is 13.2 Å². The van der Waals surface area contributed by atoms with E-state index in [-0.39, 0.29) is 40.9 Å². The third kappa shape index (κ3) is 7.05. The summed E-state index contributed by atoms with van der Waals surface area (Å²) in [7, 11) is -1.80. The van der Waals surface area contributed by atoms with Crippen LogP contribution in [0.15, 0.2) is 53.4 Å². The van der Waals surface area contributed by atoms with Gasteiger partial charge in [0.2, 0.25) is 5.91 Å². The van der Waals surface area contributed by atoms with E-state index in [4.69, 9.17) is 4.74 Å². The first-order valence-electron chi connectivity index (χ1n) is 18.1. The van der Waals surface area contributed by atoms with Gasteiger partial charge in [-0.25, -0.2) is 17.6 Å². The maximum atomic E-state index is 15.0. The molecule has 5 aliphatic rings. The van der Waals surface area contributed by atoms with Gasteiger partial charge in [-0.3, -0.25) is 4.79 Å². The van der Waals surface area contributed by atoms with E-state index in [2.05, 4.69) is 25.8 Å². The summed E-state index contributed by atoms with van der Waals surface area (Å²) in [5, 5.41) is 9.39. The molecule has 2 aliphatic carbocycles. The van der Waals surface area contributed by atoms with E-state index in [1.54, 1.807) is 24.3 Å². The largest absolute Gasteiger partial charge is 0.453 e. The fourth-order valence-corrected chi connectivity index (χ4v) is 10.7. The molecule has 2 amide bonds. The molecule has 3 heterocycles. The third-order valence-corrected chi connectivity index (χ3v) is 14.3. The average molecular weight is 696 g/mol. The Morgan fingerprint density at radius 2 is 1.73 bits per heavy atom. The third-order valence-electron chi connectivity index (χ3n) is 12.0. The van der Waals surface area contributed by atoms with E-state index in [9.17, 15) is 22.4 Å². The number of anilines is 1. The van der Waals surface area contributed by atoms with Crippen molar-refractivity contribution in [3.05, 3.63) is 59.9 Å². The Balaban J connectivity index is 1.04. The molecule has 3 aliphatic heterocycles. The molecule has 0 aromatic heterocycles. The van der Waals surface area contributed by atoms with Crippen LogP contribution in [0.4, 0.5) is 14.9 Å². The van der Waals surface area contributed by atoms with Crippen molar-refractivity contribution in [3.8, 4) is 0 Å². The predicted molar refractivity (Wildman–Crippen MR) is 186 cm³/mol. The standard InChI is InChI=1S/C37H50FN5O5S/c1-48-36(45)41-33-7-3-6-32(33)37(27-4-2-5-28(38)20-27,24-40-35(44)34-14-17-39-34)26-15-18-42(19-16-26)21-25-22-43(23-25)29-8-10-30(11-9-29)49(46,47)31-12-13-31/h2,4-5,8-11,20,25-26,31-34,39H,3,6-7,12-19,21-24H2,1H3,(H,40,44)(H,41,45)/t32-,33-,34-,37-/m0/s1. The van der Waals surface area contributed by atoms with Gasteiger partial charge in [0.05, 0.1) is 23.3 Å². The highest BCUT2D eigenvalue weighted by Crippen LogP contribution is 2.50. The molecule has 2 aromatic carbocycles. The summed E-state index contributed by atoms with van der Waals surface area (Å²) in [5.74, 6) is 0.389. The highest BCUT2D eigenvalue weighted by molar-refractivity contribution is 7.92. The molecule has 12 heteroatoms. The van der Waals surface area contributed by atoms with E-state index >= 15 is 0 Å². The quantitative estimate of drug-likeness (QED) is 0.307. The van der Waals surface area contributed by atoms with Crippen molar-refractivity contribution in [2.75, 3.05) is 57.8 Å². The molecule has 5 fully saturated rings. The molecule has 3 N–H and O–H groups in total. The second-order valence-electron chi connectivity index (χ2n) is 14.9. The van der Waals surface area contributed by atoms with Crippen LogP contribution in [-0.4, -0.2) is 95.6 Å². The zero-order valence-electron chi connectivity index (χ0n) is 28.4. The van der Waals surface area contributed by atoms with Crippen molar-refractivity contribution in [2.45, 2.75) is 79.0 Å². The number of ether oxygens (including phenoxy) is 1. The number of piperidine rings is 1. The van der Waals surface area contributed by atoms with Gasteiger partial charge in [-0.1, -0.05) is 18.6 Å². The molecule has 0 unspecified atom stereocenters. The lowest BCUT2D eigenvalue weighted by molar-refractivity contribution is -0.125. The summed E-state index contributed by atoms with van der Waals surface area (Å²) in [6.07, 6.45) is 6.30. The summed E-state index contributed by atoms with van der Waals surface area (Å²) in [6.45, 7) is 5.90. The SMILES string of the molecule is COC(=O)N[C@H]1CCC[C@@H]1[C@](CNC(=O)[C@@H]1CCN1)(c1cccc(F)c1)C1CCN(CC2CN(c3ccc(S(=O)(=O)C4CC4)cc3)C2)CC1. The van der Waals surface area contributed by atoms with Gasteiger partial charge in [0.25, 0.3) is 0 Å². The van der Waals surface area contributed by atoms with Crippen LogP contribution in [0.5, 0.6) is 0 Å². The summed E-state index contributed by atoms with van der Waals surface area (Å²) in [4.78, 5) is 31.0. The number of hydrogen-bond acceptors (Lipinski definition) is 8. The van der Waals surface area contributed by atoms with Crippen LogP contribution in [-0.2, 0) is 24.8 Å². The van der Waals surface area contributed by atoms with Crippen LogP contribution in [0.2, 0.25) is 0 Å². The summed E-state index contributed by atoms with van der Waals surface area (Å²) >= 11 is 0. The number of amides is 2. The molecule has 2 saturated carbocycles. The lowest BCUT2D eigenvalue weighted by Gasteiger charge is -2.51. The molecule has 2 aromatic rings. The first-order valence-corrected chi connectivity index (χ1v) is 19.6. The number of hydrogen-bond donors (Lipinski definition) is 3. The van der Waals surface area contributed by atoms with Crippen molar-refractivity contribution in [3.63, 3.8) is 0 Å². The predicted octanol–water partition coefficient (Wildman–Crippen LogP) is 3.85. The second-order valence-corrected chi connectivity index (χ2v) is 17.2. The zero-order chi connectivity index (χ0) is 34.2. The number of methoxy groups -OCH3 is 1. The van der Waals surface area contributed by atoms with Crippen LogP contribution >= 0.6 is 0 Å². The first-order chi connectivity index (χ1) is 23.7. The van der Waals surface area contributed by atoms with Gasteiger partial charge in [0, 0.05) is 49.2 Å². The number of halogens is 1. The Morgan fingerprint density at radius 1 is 1.00 bits per heavy atom. The van der Waals surface area contributed by atoms with E-state index in [1.807, 2.05) is 18.2 Å². The Morgan fingerprint density at radius 3 is 2.37 bits per heavy atom. The van der Waals surface area contributed by atoms with Gasteiger partial charge in [-0.2, -0.15) is 0 Å². The van der Waals surface area contributed by atoms with E-state index < -0.39 is 21.3 Å². The molecular weight excluding hydrogens is 646 g/mol. The van der Waals surface area contributed by atoms with Gasteiger partial charge in [0.15, 0.2) is 9.84 Å². The minimum atomic E-state index is -3.18. The normalized spacial score (nSPS) is 26.3. The fourth-order valence-electron chi connectivity index (χ4n) is 9.05. The average Bonchev–Trinajstić information content (AvgIpc) is 3.83. The molecular formula is C37H50FN5O5S. The number of rotatable bonds is 12. The first kappa shape index (κ1) is 34.2. The lowest BCUT2D eigenvalue weighted by atomic mass is 9.58. The van der Waals surface area contributed by atoms with Gasteiger partial charge in [-0.05, 0) is 118 Å². The number of carbonyl (C=O) groups excluding carboxylic acids is 2. The number of sulfone groups is 1. The van der Waals surface area contributed by atoms with Gasteiger partial charge in [0.1, 0.15) is 5.82 Å². The fraction of sp³-hybridized carbons (Fsp3) is 0.622. The van der Waals surface area contributed by atoms with Gasteiger partial charge in [-0.15, -0.1) is 0 Å². The van der Waals surface area contributed by atoms with Crippen molar-refractivity contribution in [1.82, 2.24) is 20.9 Å². The Kier molecular flexibility index (Phi) is 9.91. The molecule has 49 heavy (non-hydrogen) atoms. The monoisotopic (exact) mass is 695 g/mol.